The quantitative estimate of drug-likeness (QED) is 0.584. The summed E-state index contributed by atoms with van der Waals surface area (Å²) in [5.74, 6) is 0. The first kappa shape index (κ1) is 12.6. The van der Waals surface area contributed by atoms with Crippen molar-refractivity contribution in [2.75, 3.05) is 5.32 Å². The van der Waals surface area contributed by atoms with E-state index in [1.807, 2.05) is 30.3 Å². The van der Waals surface area contributed by atoms with E-state index >= 15 is 0 Å². The average Bonchev–Trinajstić information content (AvgIpc) is 2.94. The molecule has 3 rings (SSSR count). The fourth-order valence-corrected chi connectivity index (χ4v) is 2.67. The number of hydrogen-bond donors (Lipinski definition) is 1. The molecule has 100 valence electrons. The summed E-state index contributed by atoms with van der Waals surface area (Å²) in [6.45, 7) is 0.566. The third-order valence-electron chi connectivity index (χ3n) is 2.92. The Hall–Kier alpha value is -2.47. The van der Waals surface area contributed by atoms with E-state index in [1.54, 1.807) is 17.6 Å². The lowest BCUT2D eigenvalue weighted by molar-refractivity contribution is -0.380. The van der Waals surface area contributed by atoms with Gasteiger partial charge in [-0.3, -0.25) is 15.1 Å². The Balaban J connectivity index is 1.74. The van der Waals surface area contributed by atoms with E-state index in [4.69, 9.17) is 0 Å². The van der Waals surface area contributed by atoms with Crippen LogP contribution in [0.25, 0.3) is 10.9 Å². The molecule has 0 atom stereocenters. The zero-order chi connectivity index (χ0) is 13.9. The van der Waals surface area contributed by atoms with Gasteiger partial charge in [0.1, 0.15) is 0 Å². The maximum atomic E-state index is 10.6. The fourth-order valence-electron chi connectivity index (χ4n) is 1.94. The van der Waals surface area contributed by atoms with Crippen molar-refractivity contribution in [1.29, 1.82) is 0 Å². The Bertz CT molecular complexity index is 770. The van der Waals surface area contributed by atoms with Crippen molar-refractivity contribution in [2.24, 2.45) is 0 Å². The summed E-state index contributed by atoms with van der Waals surface area (Å²) >= 11 is 1.15. The summed E-state index contributed by atoms with van der Waals surface area (Å²) in [6, 6.07) is 11.4. The van der Waals surface area contributed by atoms with Gasteiger partial charge < -0.3 is 5.32 Å². The van der Waals surface area contributed by atoms with Crippen LogP contribution in [0.1, 0.15) is 5.56 Å². The van der Waals surface area contributed by atoms with Crippen molar-refractivity contribution < 1.29 is 4.92 Å². The normalized spacial score (nSPS) is 10.6. The van der Waals surface area contributed by atoms with E-state index in [0.29, 0.717) is 6.54 Å². The highest BCUT2D eigenvalue weighted by atomic mass is 32.1. The summed E-state index contributed by atoms with van der Waals surface area (Å²) in [5, 5.41) is 16.9. The molecule has 1 N–H and O–H groups in total. The summed E-state index contributed by atoms with van der Waals surface area (Å²) in [7, 11) is 0. The molecule has 2 heterocycles. The van der Waals surface area contributed by atoms with E-state index < -0.39 is 0 Å². The highest BCUT2D eigenvalue weighted by Crippen LogP contribution is 2.24. The third kappa shape index (κ3) is 2.60. The van der Waals surface area contributed by atoms with Gasteiger partial charge in [-0.15, -0.1) is 0 Å². The molecule has 20 heavy (non-hydrogen) atoms. The largest absolute Gasteiger partial charge is 0.381 e. The molecule has 0 bridgehead atoms. The number of aromatic nitrogens is 1. The lowest BCUT2D eigenvalue weighted by atomic mass is 10.2. The minimum atomic E-state index is -0.365. The summed E-state index contributed by atoms with van der Waals surface area (Å²) in [5.41, 5.74) is 2.83. The van der Waals surface area contributed by atoms with Crippen molar-refractivity contribution in [3.63, 3.8) is 0 Å². The zero-order valence-corrected chi connectivity index (χ0v) is 11.3. The van der Waals surface area contributed by atoms with Gasteiger partial charge in [0.2, 0.25) is 0 Å². The SMILES string of the molecule is O=[N+]([O-])c1cc(CNc2ccc3ncccc3c2)cs1. The fraction of sp³-hybridized carbons (Fsp3) is 0.0714. The lowest BCUT2D eigenvalue weighted by Crippen LogP contribution is -1.98. The molecule has 0 fully saturated rings. The molecule has 0 radical (unpaired) electrons. The van der Waals surface area contributed by atoms with Gasteiger partial charge in [-0.25, -0.2) is 0 Å². The number of thiophene rings is 1. The van der Waals surface area contributed by atoms with E-state index in [0.717, 1.165) is 33.5 Å². The molecule has 0 saturated carbocycles. The number of nitrogens with one attached hydrogen (secondary N) is 1. The van der Waals surface area contributed by atoms with Crippen LogP contribution in [0.3, 0.4) is 0 Å². The van der Waals surface area contributed by atoms with Crippen molar-refractivity contribution >= 4 is 32.9 Å². The van der Waals surface area contributed by atoms with Gasteiger partial charge in [-0.05, 0) is 29.8 Å². The van der Waals surface area contributed by atoms with Gasteiger partial charge in [0.15, 0.2) is 0 Å². The van der Waals surface area contributed by atoms with Gasteiger partial charge in [-0.1, -0.05) is 17.4 Å². The molecule has 2 aromatic heterocycles. The number of nitrogens with zero attached hydrogens (tertiary/aromatic N) is 2. The standard InChI is InChI=1S/C14H11N3O2S/c18-17(19)14-6-10(9-20-14)8-16-12-3-4-13-11(7-12)2-1-5-15-13/h1-7,9,16H,8H2. The first-order valence-electron chi connectivity index (χ1n) is 6.03. The Labute approximate surface area is 119 Å². The number of anilines is 1. The van der Waals surface area contributed by atoms with Crippen LogP contribution < -0.4 is 5.32 Å². The van der Waals surface area contributed by atoms with Crippen LogP contribution in [0, 0.1) is 10.1 Å². The smallest absolute Gasteiger partial charge is 0.324 e. The molecule has 6 heteroatoms. The van der Waals surface area contributed by atoms with Crippen LogP contribution in [0.4, 0.5) is 10.7 Å². The highest BCUT2D eigenvalue weighted by molar-refractivity contribution is 7.13. The minimum absolute atomic E-state index is 0.171. The Morgan fingerprint density at radius 2 is 2.20 bits per heavy atom. The molecule has 3 aromatic rings. The monoisotopic (exact) mass is 285 g/mol. The molecule has 0 unspecified atom stereocenters. The third-order valence-corrected chi connectivity index (χ3v) is 3.85. The van der Waals surface area contributed by atoms with Crippen molar-refractivity contribution in [3.8, 4) is 0 Å². The molecular formula is C14H11N3O2S. The highest BCUT2D eigenvalue weighted by Gasteiger charge is 2.09. The Kier molecular flexibility index (Phi) is 3.30. The van der Waals surface area contributed by atoms with E-state index in [-0.39, 0.29) is 9.92 Å². The number of benzene rings is 1. The topological polar surface area (TPSA) is 68.1 Å². The predicted octanol–water partition coefficient (Wildman–Crippen LogP) is 3.82. The lowest BCUT2D eigenvalue weighted by Gasteiger charge is -2.05. The van der Waals surface area contributed by atoms with Crippen LogP contribution in [0.5, 0.6) is 0 Å². The van der Waals surface area contributed by atoms with Crippen molar-refractivity contribution in [2.45, 2.75) is 6.54 Å². The van der Waals surface area contributed by atoms with Crippen LogP contribution in [-0.4, -0.2) is 9.91 Å². The summed E-state index contributed by atoms with van der Waals surface area (Å²) in [6.07, 6.45) is 1.76. The molecule has 0 saturated heterocycles. The predicted molar refractivity (Wildman–Crippen MR) is 80.0 cm³/mol. The van der Waals surface area contributed by atoms with Gasteiger partial charge in [0, 0.05) is 35.3 Å². The first-order valence-corrected chi connectivity index (χ1v) is 6.91. The maximum Gasteiger partial charge on any atom is 0.324 e. The Morgan fingerprint density at radius 3 is 3.00 bits per heavy atom. The molecule has 1 aromatic carbocycles. The van der Waals surface area contributed by atoms with Gasteiger partial charge >= 0.3 is 5.00 Å². The summed E-state index contributed by atoms with van der Waals surface area (Å²) < 4.78 is 0. The number of pyridine rings is 1. The molecule has 0 aliphatic rings. The molecular weight excluding hydrogens is 274 g/mol. The molecule has 5 nitrogen and oxygen atoms in total. The average molecular weight is 285 g/mol. The van der Waals surface area contributed by atoms with E-state index in [9.17, 15) is 10.1 Å². The Morgan fingerprint density at radius 1 is 1.30 bits per heavy atom. The van der Waals surface area contributed by atoms with Crippen LogP contribution in [0.15, 0.2) is 48.0 Å². The second-order valence-electron chi connectivity index (χ2n) is 4.31. The van der Waals surface area contributed by atoms with Crippen LogP contribution in [0.2, 0.25) is 0 Å². The molecule has 0 amide bonds. The minimum Gasteiger partial charge on any atom is -0.381 e. The van der Waals surface area contributed by atoms with Crippen molar-refractivity contribution in [1.82, 2.24) is 4.98 Å². The number of nitro groups is 1. The first-order chi connectivity index (χ1) is 9.72. The zero-order valence-electron chi connectivity index (χ0n) is 10.4. The number of fused-ring (bicyclic) bond motifs is 1. The summed E-state index contributed by atoms with van der Waals surface area (Å²) in [4.78, 5) is 14.5. The van der Waals surface area contributed by atoms with Crippen LogP contribution in [-0.2, 0) is 6.54 Å². The van der Waals surface area contributed by atoms with E-state index in [2.05, 4.69) is 10.3 Å². The van der Waals surface area contributed by atoms with Gasteiger partial charge in [0.05, 0.1) is 10.4 Å². The second-order valence-corrected chi connectivity index (χ2v) is 5.20. The van der Waals surface area contributed by atoms with Gasteiger partial charge in [-0.2, -0.15) is 0 Å². The van der Waals surface area contributed by atoms with Crippen molar-refractivity contribution in [3.05, 3.63) is 63.7 Å². The molecule has 0 spiro atoms. The second kappa shape index (κ2) is 5.26. The molecule has 0 aliphatic heterocycles. The van der Waals surface area contributed by atoms with Crippen LogP contribution >= 0.6 is 11.3 Å². The maximum absolute atomic E-state index is 10.6. The van der Waals surface area contributed by atoms with Gasteiger partial charge in [0.25, 0.3) is 0 Å². The van der Waals surface area contributed by atoms with E-state index in [1.165, 1.54) is 0 Å². The molecule has 0 aliphatic carbocycles. The number of rotatable bonds is 4. The number of hydrogen-bond acceptors (Lipinski definition) is 5.